The first-order chi connectivity index (χ1) is 11.5. The molecule has 1 amide bonds. The number of amides is 1. The first kappa shape index (κ1) is 16.5. The van der Waals surface area contributed by atoms with E-state index in [2.05, 4.69) is 15.5 Å². The van der Waals surface area contributed by atoms with Gasteiger partial charge in [0.1, 0.15) is 12.4 Å². The summed E-state index contributed by atoms with van der Waals surface area (Å²) < 4.78 is 15.0. The van der Waals surface area contributed by atoms with Gasteiger partial charge in [0.2, 0.25) is 5.91 Å². The third kappa shape index (κ3) is 3.60. The number of rotatable bonds is 5. The summed E-state index contributed by atoms with van der Waals surface area (Å²) in [6.45, 7) is 1.91. The number of hydrogen-bond acceptors (Lipinski definition) is 4. The Balaban J connectivity index is 1.73. The minimum Gasteiger partial charge on any atom is -0.348 e. The number of thiophene rings is 1. The standard InChI is InChI=1S/C16H15FN4OS2/c1-10(11-4-6-12(17)7-5-11)18-14(22)9-21-15(19-20-16(21)23)13-3-2-8-24-13/h2-8,10H,9H2,1H3,(H,18,22)(H,20,23)/t10-/m0/s1. The minimum absolute atomic E-state index is 0.0636. The third-order valence-corrected chi connectivity index (χ3v) is 4.73. The number of carbonyl (C=O) groups excluding carboxylic acids is 1. The van der Waals surface area contributed by atoms with Crippen LogP contribution >= 0.6 is 23.6 Å². The Hall–Kier alpha value is -2.32. The van der Waals surface area contributed by atoms with Gasteiger partial charge in [0.15, 0.2) is 10.6 Å². The SMILES string of the molecule is C[C@H](NC(=O)Cn1c(-c2cccs2)n[nH]c1=S)c1ccc(F)cc1. The van der Waals surface area contributed by atoms with Gasteiger partial charge < -0.3 is 5.32 Å². The number of halogens is 1. The molecule has 124 valence electrons. The molecule has 2 N–H and O–H groups in total. The molecular weight excluding hydrogens is 347 g/mol. The quantitative estimate of drug-likeness (QED) is 0.681. The highest BCUT2D eigenvalue weighted by atomic mass is 32.1. The molecule has 8 heteroatoms. The van der Waals surface area contributed by atoms with E-state index in [1.165, 1.54) is 23.5 Å². The molecule has 24 heavy (non-hydrogen) atoms. The van der Waals surface area contributed by atoms with E-state index in [0.29, 0.717) is 10.6 Å². The molecule has 0 saturated heterocycles. The number of aromatic nitrogens is 3. The molecular formula is C16H15FN4OS2. The summed E-state index contributed by atoms with van der Waals surface area (Å²) in [5.41, 5.74) is 0.832. The Morgan fingerprint density at radius 2 is 2.17 bits per heavy atom. The van der Waals surface area contributed by atoms with Crippen LogP contribution in [0, 0.1) is 10.6 Å². The molecule has 0 spiro atoms. The zero-order valence-electron chi connectivity index (χ0n) is 12.8. The van der Waals surface area contributed by atoms with Gasteiger partial charge >= 0.3 is 0 Å². The van der Waals surface area contributed by atoms with Crippen molar-refractivity contribution < 1.29 is 9.18 Å². The molecule has 1 atom stereocenters. The maximum absolute atomic E-state index is 13.0. The van der Waals surface area contributed by atoms with E-state index in [4.69, 9.17) is 12.2 Å². The predicted octanol–water partition coefficient (Wildman–Crippen LogP) is 3.69. The van der Waals surface area contributed by atoms with Gasteiger partial charge in [-0.1, -0.05) is 18.2 Å². The predicted molar refractivity (Wildman–Crippen MR) is 93.7 cm³/mol. The van der Waals surface area contributed by atoms with Crippen LogP contribution in [0.3, 0.4) is 0 Å². The normalized spacial score (nSPS) is 12.1. The van der Waals surface area contributed by atoms with Crippen molar-refractivity contribution in [2.24, 2.45) is 0 Å². The summed E-state index contributed by atoms with van der Waals surface area (Å²) in [5, 5.41) is 11.7. The van der Waals surface area contributed by atoms with Crippen molar-refractivity contribution in [3.63, 3.8) is 0 Å². The molecule has 0 unspecified atom stereocenters. The second kappa shape index (κ2) is 7.06. The number of nitrogens with zero attached hydrogens (tertiary/aromatic N) is 2. The van der Waals surface area contributed by atoms with Gasteiger partial charge in [0, 0.05) is 0 Å². The van der Waals surface area contributed by atoms with Crippen molar-refractivity contribution in [1.82, 2.24) is 20.1 Å². The van der Waals surface area contributed by atoms with Crippen LogP contribution in [0.1, 0.15) is 18.5 Å². The Kier molecular flexibility index (Phi) is 4.86. The lowest BCUT2D eigenvalue weighted by Crippen LogP contribution is -2.30. The monoisotopic (exact) mass is 362 g/mol. The minimum atomic E-state index is -0.303. The van der Waals surface area contributed by atoms with Crippen molar-refractivity contribution >= 4 is 29.5 Å². The fourth-order valence-corrected chi connectivity index (χ4v) is 3.24. The van der Waals surface area contributed by atoms with Crippen LogP contribution in [0.2, 0.25) is 0 Å². The van der Waals surface area contributed by atoms with Gasteiger partial charge in [0.25, 0.3) is 0 Å². The molecule has 0 fully saturated rings. The van der Waals surface area contributed by atoms with E-state index >= 15 is 0 Å². The summed E-state index contributed by atoms with van der Waals surface area (Å²) >= 11 is 6.74. The first-order valence-corrected chi connectivity index (χ1v) is 8.57. The molecule has 0 aliphatic rings. The zero-order chi connectivity index (χ0) is 17.1. The summed E-state index contributed by atoms with van der Waals surface area (Å²) in [4.78, 5) is 13.3. The van der Waals surface area contributed by atoms with Crippen molar-refractivity contribution in [2.45, 2.75) is 19.5 Å². The van der Waals surface area contributed by atoms with Crippen LogP contribution in [0.25, 0.3) is 10.7 Å². The Bertz CT molecular complexity index is 884. The molecule has 2 heterocycles. The average Bonchev–Trinajstić information content (AvgIpc) is 3.19. The van der Waals surface area contributed by atoms with Gasteiger partial charge in [-0.2, -0.15) is 5.10 Å². The van der Waals surface area contributed by atoms with Crippen molar-refractivity contribution in [2.75, 3.05) is 0 Å². The molecule has 0 aliphatic heterocycles. The molecule has 3 rings (SSSR count). The average molecular weight is 362 g/mol. The first-order valence-electron chi connectivity index (χ1n) is 7.28. The number of carbonyl (C=O) groups is 1. The fraction of sp³-hybridized carbons (Fsp3) is 0.188. The molecule has 0 aliphatic carbocycles. The molecule has 5 nitrogen and oxygen atoms in total. The van der Waals surface area contributed by atoms with E-state index in [1.807, 2.05) is 24.4 Å². The fourth-order valence-electron chi connectivity index (χ4n) is 2.32. The summed E-state index contributed by atoms with van der Waals surface area (Å²) in [6.07, 6.45) is 0. The van der Waals surface area contributed by atoms with Crippen LogP contribution in [0.5, 0.6) is 0 Å². The Morgan fingerprint density at radius 1 is 1.42 bits per heavy atom. The molecule has 3 aromatic rings. The second-order valence-corrected chi connectivity index (χ2v) is 6.59. The van der Waals surface area contributed by atoms with Crippen LogP contribution < -0.4 is 5.32 Å². The lowest BCUT2D eigenvalue weighted by atomic mass is 10.1. The lowest BCUT2D eigenvalue weighted by Gasteiger charge is -2.15. The number of nitrogens with one attached hydrogen (secondary N) is 2. The topological polar surface area (TPSA) is 62.7 Å². The highest BCUT2D eigenvalue weighted by molar-refractivity contribution is 7.71. The van der Waals surface area contributed by atoms with E-state index in [0.717, 1.165) is 10.4 Å². The molecule has 0 saturated carbocycles. The molecule has 0 radical (unpaired) electrons. The maximum atomic E-state index is 13.0. The Labute approximate surface area is 147 Å². The summed E-state index contributed by atoms with van der Waals surface area (Å²) in [6, 6.07) is 9.66. The van der Waals surface area contributed by atoms with Crippen LogP contribution in [0.4, 0.5) is 4.39 Å². The van der Waals surface area contributed by atoms with Crippen molar-refractivity contribution in [3.05, 3.63) is 57.9 Å². The number of hydrogen-bond donors (Lipinski definition) is 2. The van der Waals surface area contributed by atoms with E-state index < -0.39 is 0 Å². The third-order valence-electron chi connectivity index (χ3n) is 3.55. The van der Waals surface area contributed by atoms with Crippen LogP contribution in [0.15, 0.2) is 41.8 Å². The smallest absolute Gasteiger partial charge is 0.240 e. The van der Waals surface area contributed by atoms with Gasteiger partial charge in [-0.3, -0.25) is 14.5 Å². The van der Waals surface area contributed by atoms with Gasteiger partial charge in [-0.15, -0.1) is 11.3 Å². The van der Waals surface area contributed by atoms with E-state index in [9.17, 15) is 9.18 Å². The lowest BCUT2D eigenvalue weighted by molar-refractivity contribution is -0.122. The molecule has 2 aromatic heterocycles. The van der Waals surface area contributed by atoms with Gasteiger partial charge in [0.05, 0.1) is 10.9 Å². The number of benzene rings is 1. The summed E-state index contributed by atoms with van der Waals surface area (Å²) in [7, 11) is 0. The number of aromatic amines is 1. The maximum Gasteiger partial charge on any atom is 0.240 e. The van der Waals surface area contributed by atoms with E-state index in [1.54, 1.807) is 16.7 Å². The van der Waals surface area contributed by atoms with Crippen LogP contribution in [-0.4, -0.2) is 20.7 Å². The second-order valence-electron chi connectivity index (χ2n) is 5.26. The van der Waals surface area contributed by atoms with Crippen molar-refractivity contribution in [3.8, 4) is 10.7 Å². The van der Waals surface area contributed by atoms with Gasteiger partial charge in [-0.25, -0.2) is 4.39 Å². The highest BCUT2D eigenvalue weighted by Gasteiger charge is 2.15. The highest BCUT2D eigenvalue weighted by Crippen LogP contribution is 2.22. The van der Waals surface area contributed by atoms with Gasteiger partial charge in [-0.05, 0) is 48.3 Å². The van der Waals surface area contributed by atoms with E-state index in [-0.39, 0.29) is 24.3 Å². The zero-order valence-corrected chi connectivity index (χ0v) is 14.5. The van der Waals surface area contributed by atoms with Crippen LogP contribution in [-0.2, 0) is 11.3 Å². The summed E-state index contributed by atoms with van der Waals surface area (Å²) in [5.74, 6) is 0.143. The Morgan fingerprint density at radius 3 is 2.83 bits per heavy atom. The van der Waals surface area contributed by atoms with Crippen molar-refractivity contribution in [1.29, 1.82) is 0 Å². The largest absolute Gasteiger partial charge is 0.348 e. The number of H-pyrrole nitrogens is 1. The molecule has 1 aromatic carbocycles. The molecule has 0 bridgehead atoms.